The summed E-state index contributed by atoms with van der Waals surface area (Å²) in [6, 6.07) is 8.61. The second-order valence-electron chi connectivity index (χ2n) is 4.28. The molecule has 0 aliphatic carbocycles. The smallest absolute Gasteiger partial charge is 0.347 e. The van der Waals surface area contributed by atoms with Gasteiger partial charge in [-0.05, 0) is 22.6 Å². The molecule has 2 heterocycles. The Hall–Kier alpha value is -2.48. The van der Waals surface area contributed by atoms with Crippen LogP contribution < -0.4 is 5.63 Å². The Bertz CT molecular complexity index is 871. The van der Waals surface area contributed by atoms with E-state index in [0.717, 1.165) is 0 Å². The van der Waals surface area contributed by atoms with Gasteiger partial charge in [0.05, 0.1) is 5.75 Å². The number of aryl methyl sites for hydroxylation is 1. The van der Waals surface area contributed by atoms with Gasteiger partial charge >= 0.3 is 5.63 Å². The van der Waals surface area contributed by atoms with Gasteiger partial charge in [0.2, 0.25) is 5.16 Å². The lowest BCUT2D eigenvalue weighted by molar-refractivity contribution is 0.101. The Balaban J connectivity index is 1.86. The van der Waals surface area contributed by atoms with Crippen LogP contribution in [0.5, 0.6) is 0 Å². The van der Waals surface area contributed by atoms with Crippen molar-refractivity contribution in [2.45, 2.75) is 5.16 Å². The molecule has 0 amide bonds. The molecule has 0 aliphatic heterocycles. The largest absolute Gasteiger partial charge is 0.422 e. The fraction of sp³-hybridized carbons (Fsp3) is 0.154. The highest BCUT2D eigenvalue weighted by Gasteiger charge is 2.15. The van der Waals surface area contributed by atoms with Crippen molar-refractivity contribution in [3.05, 3.63) is 46.3 Å². The molecule has 0 aliphatic rings. The van der Waals surface area contributed by atoms with E-state index < -0.39 is 5.63 Å². The first-order valence-corrected chi connectivity index (χ1v) is 7.05. The zero-order valence-corrected chi connectivity index (χ0v) is 11.8. The Morgan fingerprint density at radius 3 is 2.95 bits per heavy atom. The molecule has 0 saturated heterocycles. The Kier molecular flexibility index (Phi) is 3.53. The third-order valence-electron chi connectivity index (χ3n) is 2.86. The molecule has 0 saturated carbocycles. The summed E-state index contributed by atoms with van der Waals surface area (Å²) >= 11 is 1.17. The van der Waals surface area contributed by atoms with Gasteiger partial charge in [-0.25, -0.2) is 9.48 Å². The zero-order chi connectivity index (χ0) is 14.8. The second-order valence-corrected chi connectivity index (χ2v) is 5.22. The molecule has 3 aromatic rings. The summed E-state index contributed by atoms with van der Waals surface area (Å²) in [6.45, 7) is 0. The van der Waals surface area contributed by atoms with E-state index in [-0.39, 0.29) is 17.1 Å². The van der Waals surface area contributed by atoms with Gasteiger partial charge in [0.25, 0.3) is 0 Å². The van der Waals surface area contributed by atoms with Crippen LogP contribution in [0.2, 0.25) is 0 Å². The highest BCUT2D eigenvalue weighted by molar-refractivity contribution is 7.99. The molecule has 3 rings (SSSR count). The number of carbonyl (C=O) groups excluding carboxylic acids is 1. The molecule has 0 unspecified atom stereocenters. The molecular weight excluding hydrogens is 292 g/mol. The number of hydrogen-bond acceptors (Lipinski definition) is 7. The number of nitrogens with zero attached hydrogens (tertiary/aromatic N) is 4. The number of aromatic nitrogens is 4. The third-order valence-corrected chi connectivity index (χ3v) is 3.87. The number of benzene rings is 1. The maximum atomic E-state index is 12.2. The lowest BCUT2D eigenvalue weighted by Gasteiger charge is -2.01. The van der Waals surface area contributed by atoms with Crippen molar-refractivity contribution in [3.63, 3.8) is 0 Å². The topological polar surface area (TPSA) is 90.9 Å². The molecule has 1 aromatic carbocycles. The molecule has 2 aromatic heterocycles. The molecule has 7 nitrogen and oxygen atoms in total. The van der Waals surface area contributed by atoms with Crippen molar-refractivity contribution >= 4 is 28.5 Å². The number of rotatable bonds is 4. The summed E-state index contributed by atoms with van der Waals surface area (Å²) in [5.74, 6) is -0.250. The summed E-state index contributed by atoms with van der Waals surface area (Å²) in [4.78, 5) is 24.0. The minimum absolute atomic E-state index is 0.0383. The van der Waals surface area contributed by atoms with Crippen LogP contribution in [0.1, 0.15) is 10.4 Å². The first kappa shape index (κ1) is 13.5. The second kappa shape index (κ2) is 5.49. The van der Waals surface area contributed by atoms with Crippen LogP contribution in [0, 0.1) is 0 Å². The van der Waals surface area contributed by atoms with E-state index in [9.17, 15) is 9.59 Å². The Labute approximate surface area is 122 Å². The van der Waals surface area contributed by atoms with Crippen LogP contribution in [0.15, 0.2) is 44.7 Å². The molecular formula is C13H10N4O3S. The molecule has 0 bridgehead atoms. The van der Waals surface area contributed by atoms with E-state index in [1.54, 1.807) is 31.3 Å². The monoisotopic (exact) mass is 302 g/mol. The molecule has 0 atom stereocenters. The molecule has 0 N–H and O–H groups in total. The lowest BCUT2D eigenvalue weighted by Crippen LogP contribution is -2.15. The number of hydrogen-bond donors (Lipinski definition) is 0. The number of thioether (sulfide) groups is 1. The van der Waals surface area contributed by atoms with Gasteiger partial charge in [-0.15, -0.1) is 5.10 Å². The highest BCUT2D eigenvalue weighted by atomic mass is 32.2. The summed E-state index contributed by atoms with van der Waals surface area (Å²) in [6.07, 6.45) is 0. The predicted octanol–water partition coefficient (Wildman–Crippen LogP) is 1.29. The quantitative estimate of drug-likeness (QED) is 0.407. The van der Waals surface area contributed by atoms with Gasteiger partial charge in [-0.3, -0.25) is 4.79 Å². The molecule has 8 heteroatoms. The molecule has 106 valence electrons. The fourth-order valence-electron chi connectivity index (χ4n) is 1.81. The van der Waals surface area contributed by atoms with E-state index in [1.807, 2.05) is 6.07 Å². The Morgan fingerprint density at radius 1 is 1.38 bits per heavy atom. The van der Waals surface area contributed by atoms with E-state index in [4.69, 9.17) is 4.42 Å². The van der Waals surface area contributed by atoms with Gasteiger partial charge in [0, 0.05) is 12.4 Å². The minimum atomic E-state index is -0.629. The SMILES string of the molecule is Cn1nnnc1SCC(=O)c1cc2ccccc2oc1=O. The summed E-state index contributed by atoms with van der Waals surface area (Å²) in [5.41, 5.74) is -0.129. The maximum Gasteiger partial charge on any atom is 0.347 e. The van der Waals surface area contributed by atoms with Crippen LogP contribution in [-0.4, -0.2) is 31.7 Å². The van der Waals surface area contributed by atoms with Crippen molar-refractivity contribution in [2.75, 3.05) is 5.75 Å². The van der Waals surface area contributed by atoms with Gasteiger partial charge < -0.3 is 4.42 Å². The van der Waals surface area contributed by atoms with Gasteiger partial charge in [0.1, 0.15) is 11.1 Å². The predicted molar refractivity (Wildman–Crippen MR) is 76.3 cm³/mol. The molecule has 0 radical (unpaired) electrons. The molecule has 0 spiro atoms. The van der Waals surface area contributed by atoms with Crippen molar-refractivity contribution in [2.24, 2.45) is 7.05 Å². The molecule has 0 fully saturated rings. The maximum absolute atomic E-state index is 12.2. The van der Waals surface area contributed by atoms with Crippen LogP contribution >= 0.6 is 11.8 Å². The van der Waals surface area contributed by atoms with Gasteiger partial charge in [0.15, 0.2) is 5.78 Å². The zero-order valence-electron chi connectivity index (χ0n) is 11.0. The van der Waals surface area contributed by atoms with Crippen molar-refractivity contribution in [1.29, 1.82) is 0 Å². The average Bonchev–Trinajstić information content (AvgIpc) is 2.89. The minimum Gasteiger partial charge on any atom is -0.422 e. The third kappa shape index (κ3) is 2.70. The lowest BCUT2D eigenvalue weighted by atomic mass is 10.1. The number of tetrazole rings is 1. The van der Waals surface area contributed by atoms with Gasteiger partial charge in [-0.2, -0.15) is 0 Å². The fourth-order valence-corrected chi connectivity index (χ4v) is 2.54. The first-order valence-electron chi connectivity index (χ1n) is 6.06. The van der Waals surface area contributed by atoms with Crippen molar-refractivity contribution < 1.29 is 9.21 Å². The van der Waals surface area contributed by atoms with E-state index in [2.05, 4.69) is 15.5 Å². The molecule has 21 heavy (non-hydrogen) atoms. The summed E-state index contributed by atoms with van der Waals surface area (Å²) < 4.78 is 6.60. The summed E-state index contributed by atoms with van der Waals surface area (Å²) in [5, 5.41) is 12.1. The van der Waals surface area contributed by atoms with E-state index in [0.29, 0.717) is 16.1 Å². The van der Waals surface area contributed by atoms with Crippen LogP contribution in [0.3, 0.4) is 0 Å². The van der Waals surface area contributed by atoms with Crippen molar-refractivity contribution in [1.82, 2.24) is 20.2 Å². The van der Waals surface area contributed by atoms with E-state index in [1.165, 1.54) is 16.4 Å². The number of Topliss-reactive ketones (excluding diaryl/α,β-unsaturated/α-hetero) is 1. The van der Waals surface area contributed by atoms with E-state index >= 15 is 0 Å². The van der Waals surface area contributed by atoms with Crippen LogP contribution in [0.4, 0.5) is 0 Å². The number of fused-ring (bicyclic) bond motifs is 1. The van der Waals surface area contributed by atoms with Crippen molar-refractivity contribution in [3.8, 4) is 0 Å². The first-order chi connectivity index (χ1) is 10.1. The summed E-state index contributed by atoms with van der Waals surface area (Å²) in [7, 11) is 1.68. The van der Waals surface area contributed by atoms with Gasteiger partial charge in [-0.1, -0.05) is 30.0 Å². The Morgan fingerprint density at radius 2 is 2.19 bits per heavy atom. The highest BCUT2D eigenvalue weighted by Crippen LogP contribution is 2.16. The number of carbonyl (C=O) groups is 1. The standard InChI is InChI=1S/C13H10N4O3S/c1-17-13(14-15-16-17)21-7-10(18)9-6-8-4-2-3-5-11(8)20-12(9)19/h2-6H,7H2,1H3. The average molecular weight is 302 g/mol. The number of ketones is 1. The van der Waals surface area contributed by atoms with Crippen LogP contribution in [0.25, 0.3) is 11.0 Å². The van der Waals surface area contributed by atoms with Crippen LogP contribution in [-0.2, 0) is 7.05 Å². The normalized spacial score (nSPS) is 10.9. The number of para-hydroxylation sites is 1.